The first kappa shape index (κ1) is 17.3. The summed E-state index contributed by atoms with van der Waals surface area (Å²) in [7, 11) is 1.43. The maximum atomic E-state index is 12.5. The van der Waals surface area contributed by atoms with Crippen molar-refractivity contribution in [1.82, 2.24) is 4.90 Å². The molecular formula is C15H15NO5S2. The number of carboxylic acids is 1. The number of hydrogen-bond acceptors (Lipinski definition) is 6. The Morgan fingerprint density at radius 2 is 2.22 bits per heavy atom. The second kappa shape index (κ2) is 7.01. The van der Waals surface area contributed by atoms with Gasteiger partial charge in [-0.1, -0.05) is 37.0 Å². The van der Waals surface area contributed by atoms with E-state index < -0.39 is 17.9 Å². The molecule has 0 unspecified atom stereocenters. The third-order valence-corrected chi connectivity index (χ3v) is 4.64. The summed E-state index contributed by atoms with van der Waals surface area (Å²) in [4.78, 5) is 25.2. The van der Waals surface area contributed by atoms with Crippen LogP contribution < -0.4 is 4.74 Å². The standard InChI is InChI=1S/C15H15NO5S2/c1-3-9(14(19)20)16-13(18)12(23-15(16)22)7-8-4-5-10(17)11(6-8)21-2/h4-7,9,17H,3H2,1-2H3,(H,19,20)/b12-7+/t9-/m0/s1. The van der Waals surface area contributed by atoms with Crippen molar-refractivity contribution in [1.29, 1.82) is 0 Å². The number of rotatable bonds is 5. The van der Waals surface area contributed by atoms with Gasteiger partial charge in [-0.05, 0) is 30.2 Å². The first-order valence-corrected chi connectivity index (χ1v) is 7.98. The van der Waals surface area contributed by atoms with Crippen molar-refractivity contribution in [2.45, 2.75) is 19.4 Å². The Hall–Kier alpha value is -2.06. The number of carbonyl (C=O) groups is 2. The molecule has 6 nitrogen and oxygen atoms in total. The fraction of sp³-hybridized carbons (Fsp3) is 0.267. The molecule has 1 aliphatic rings. The fourth-order valence-electron chi connectivity index (χ4n) is 2.15. The van der Waals surface area contributed by atoms with Gasteiger partial charge in [0.15, 0.2) is 11.5 Å². The van der Waals surface area contributed by atoms with Gasteiger partial charge in [-0.3, -0.25) is 9.69 Å². The number of ether oxygens (including phenoxy) is 1. The molecule has 0 aromatic heterocycles. The van der Waals surface area contributed by atoms with Gasteiger partial charge in [-0.2, -0.15) is 0 Å². The molecule has 0 saturated carbocycles. The lowest BCUT2D eigenvalue weighted by molar-refractivity contribution is -0.145. The molecule has 1 atom stereocenters. The van der Waals surface area contributed by atoms with Crippen LogP contribution in [0.4, 0.5) is 0 Å². The van der Waals surface area contributed by atoms with Gasteiger partial charge in [-0.25, -0.2) is 4.79 Å². The van der Waals surface area contributed by atoms with E-state index in [0.717, 1.165) is 16.7 Å². The molecule has 2 N–H and O–H groups in total. The van der Waals surface area contributed by atoms with E-state index in [4.69, 9.17) is 17.0 Å². The average molecular weight is 353 g/mol. The predicted octanol–water partition coefficient (Wildman–Crippen LogP) is 2.47. The number of carbonyl (C=O) groups excluding carboxylic acids is 1. The second-order valence-corrected chi connectivity index (χ2v) is 6.42. The minimum atomic E-state index is -1.09. The highest BCUT2D eigenvalue weighted by Gasteiger charge is 2.39. The Morgan fingerprint density at radius 3 is 2.78 bits per heavy atom. The van der Waals surface area contributed by atoms with Gasteiger partial charge in [0.05, 0.1) is 12.0 Å². The maximum Gasteiger partial charge on any atom is 0.326 e. The van der Waals surface area contributed by atoms with Crippen LogP contribution in [0.1, 0.15) is 18.9 Å². The van der Waals surface area contributed by atoms with Gasteiger partial charge in [0.1, 0.15) is 10.4 Å². The highest BCUT2D eigenvalue weighted by Crippen LogP contribution is 2.35. The molecule has 122 valence electrons. The summed E-state index contributed by atoms with van der Waals surface area (Å²) < 4.78 is 5.24. The molecule has 1 fully saturated rings. The number of phenolic OH excluding ortho intramolecular Hbond substituents is 1. The average Bonchev–Trinajstić information content (AvgIpc) is 2.77. The largest absolute Gasteiger partial charge is 0.504 e. The zero-order valence-corrected chi connectivity index (χ0v) is 14.1. The Labute approximate surface area is 142 Å². The van der Waals surface area contributed by atoms with E-state index in [1.54, 1.807) is 25.1 Å². The van der Waals surface area contributed by atoms with E-state index in [-0.39, 0.29) is 22.2 Å². The summed E-state index contributed by atoms with van der Waals surface area (Å²) in [5.74, 6) is -1.24. The quantitative estimate of drug-likeness (QED) is 0.621. The fourth-order valence-corrected chi connectivity index (χ4v) is 3.51. The van der Waals surface area contributed by atoms with Crippen molar-refractivity contribution in [3.8, 4) is 11.5 Å². The number of carboxylic acid groups (broad SMARTS) is 1. The van der Waals surface area contributed by atoms with Crippen LogP contribution in [0.25, 0.3) is 6.08 Å². The smallest absolute Gasteiger partial charge is 0.326 e. The van der Waals surface area contributed by atoms with Gasteiger partial charge in [0.25, 0.3) is 5.91 Å². The lowest BCUT2D eigenvalue weighted by Gasteiger charge is -2.21. The molecule has 1 aromatic rings. The maximum absolute atomic E-state index is 12.5. The molecule has 1 aliphatic heterocycles. The Balaban J connectivity index is 2.33. The number of hydrogen-bond donors (Lipinski definition) is 2. The monoisotopic (exact) mass is 353 g/mol. The van der Waals surface area contributed by atoms with Crippen LogP contribution in [0.2, 0.25) is 0 Å². The number of thioether (sulfide) groups is 1. The Kier molecular flexibility index (Phi) is 5.27. The van der Waals surface area contributed by atoms with E-state index >= 15 is 0 Å². The molecule has 0 radical (unpaired) electrons. The van der Waals surface area contributed by atoms with Crippen LogP contribution in [0.5, 0.6) is 11.5 Å². The summed E-state index contributed by atoms with van der Waals surface area (Å²) in [6.07, 6.45) is 1.86. The summed E-state index contributed by atoms with van der Waals surface area (Å²) in [6.45, 7) is 1.69. The third-order valence-electron chi connectivity index (χ3n) is 3.31. The third kappa shape index (κ3) is 3.48. The number of nitrogens with zero attached hydrogens (tertiary/aromatic N) is 1. The zero-order valence-electron chi connectivity index (χ0n) is 12.5. The van der Waals surface area contributed by atoms with E-state index in [2.05, 4.69) is 0 Å². The number of amides is 1. The van der Waals surface area contributed by atoms with E-state index in [1.807, 2.05) is 0 Å². The van der Waals surface area contributed by atoms with Crippen molar-refractivity contribution in [2.24, 2.45) is 0 Å². The molecule has 1 saturated heterocycles. The SMILES string of the molecule is CC[C@@H](C(=O)O)N1C(=O)/C(=C\c2ccc(O)c(OC)c2)SC1=S. The summed E-state index contributed by atoms with van der Waals surface area (Å²) >= 11 is 6.20. The number of thiocarbonyl (C=S) groups is 1. The molecule has 2 rings (SSSR count). The van der Waals surface area contributed by atoms with Crippen LogP contribution >= 0.6 is 24.0 Å². The van der Waals surface area contributed by atoms with Gasteiger partial charge < -0.3 is 14.9 Å². The van der Waals surface area contributed by atoms with Gasteiger partial charge >= 0.3 is 5.97 Å². The first-order valence-electron chi connectivity index (χ1n) is 6.76. The highest BCUT2D eigenvalue weighted by atomic mass is 32.2. The number of aromatic hydroxyl groups is 1. The molecule has 1 amide bonds. The van der Waals surface area contributed by atoms with Crippen molar-refractivity contribution in [3.05, 3.63) is 28.7 Å². The summed E-state index contributed by atoms with van der Waals surface area (Å²) in [5, 5.41) is 18.8. The van der Waals surface area contributed by atoms with Crippen molar-refractivity contribution < 1.29 is 24.5 Å². The van der Waals surface area contributed by atoms with Gasteiger partial charge in [-0.15, -0.1) is 0 Å². The normalized spacial score (nSPS) is 17.7. The lowest BCUT2D eigenvalue weighted by Crippen LogP contribution is -2.43. The molecule has 0 aliphatic carbocycles. The van der Waals surface area contributed by atoms with Crippen molar-refractivity contribution in [2.75, 3.05) is 7.11 Å². The van der Waals surface area contributed by atoms with Crippen LogP contribution in [0, 0.1) is 0 Å². The van der Waals surface area contributed by atoms with Crippen LogP contribution in [0.3, 0.4) is 0 Å². The number of methoxy groups -OCH3 is 1. The van der Waals surface area contributed by atoms with E-state index in [1.165, 1.54) is 13.2 Å². The highest BCUT2D eigenvalue weighted by molar-refractivity contribution is 8.26. The first-order chi connectivity index (χ1) is 10.9. The lowest BCUT2D eigenvalue weighted by atomic mass is 10.1. The van der Waals surface area contributed by atoms with Gasteiger partial charge in [0.2, 0.25) is 0 Å². The molecule has 1 heterocycles. The molecular weight excluding hydrogens is 338 g/mol. The second-order valence-electron chi connectivity index (χ2n) is 4.75. The molecule has 8 heteroatoms. The summed E-state index contributed by atoms with van der Waals surface area (Å²) in [5.41, 5.74) is 0.642. The number of aliphatic carboxylic acids is 1. The van der Waals surface area contributed by atoms with E-state index in [0.29, 0.717) is 10.5 Å². The van der Waals surface area contributed by atoms with Crippen LogP contribution in [0.15, 0.2) is 23.1 Å². The molecule has 23 heavy (non-hydrogen) atoms. The van der Waals surface area contributed by atoms with Crippen LogP contribution in [-0.2, 0) is 9.59 Å². The van der Waals surface area contributed by atoms with E-state index in [9.17, 15) is 19.8 Å². The van der Waals surface area contributed by atoms with Crippen molar-refractivity contribution in [3.63, 3.8) is 0 Å². The zero-order chi connectivity index (χ0) is 17.1. The molecule has 0 spiro atoms. The van der Waals surface area contributed by atoms with Crippen LogP contribution in [-0.4, -0.2) is 44.5 Å². The number of benzene rings is 1. The Morgan fingerprint density at radius 1 is 1.52 bits per heavy atom. The topological polar surface area (TPSA) is 87.1 Å². The molecule has 1 aromatic carbocycles. The minimum absolute atomic E-state index is 0.00544. The summed E-state index contributed by atoms with van der Waals surface area (Å²) in [6, 6.07) is 3.69. The van der Waals surface area contributed by atoms with Crippen molar-refractivity contribution >= 4 is 46.3 Å². The minimum Gasteiger partial charge on any atom is -0.504 e. The molecule has 0 bridgehead atoms. The predicted molar refractivity (Wildman–Crippen MR) is 91.4 cm³/mol. The Bertz CT molecular complexity index is 701. The number of phenols is 1. The van der Waals surface area contributed by atoms with Gasteiger partial charge in [0, 0.05) is 0 Å².